The summed E-state index contributed by atoms with van der Waals surface area (Å²) in [4.78, 5) is 12.1. The van der Waals surface area contributed by atoms with Crippen molar-refractivity contribution in [2.75, 3.05) is 18.1 Å². The molecule has 6 heteroatoms. The molecule has 1 aliphatic rings. The molecule has 2 aromatic rings. The van der Waals surface area contributed by atoms with Gasteiger partial charge in [0.15, 0.2) is 0 Å². The first-order valence-electron chi connectivity index (χ1n) is 7.14. The Labute approximate surface area is 127 Å². The van der Waals surface area contributed by atoms with Gasteiger partial charge >= 0.3 is 0 Å². The van der Waals surface area contributed by atoms with Crippen molar-refractivity contribution in [3.8, 4) is 0 Å². The maximum atomic E-state index is 12.1. The third-order valence-electron chi connectivity index (χ3n) is 3.88. The van der Waals surface area contributed by atoms with E-state index in [1.165, 1.54) is 0 Å². The molecule has 1 aromatic carbocycles. The second-order valence-electron chi connectivity index (χ2n) is 5.47. The number of aliphatic hydroxyl groups is 1. The van der Waals surface area contributed by atoms with E-state index in [0.29, 0.717) is 6.54 Å². The van der Waals surface area contributed by atoms with Crippen LogP contribution >= 0.6 is 11.8 Å². The minimum Gasteiger partial charge on any atom is -0.388 e. The lowest BCUT2D eigenvalue weighted by Crippen LogP contribution is -2.46. The summed E-state index contributed by atoms with van der Waals surface area (Å²) in [7, 11) is 0. The third-order valence-corrected chi connectivity index (χ3v) is 4.87. The molecule has 0 spiro atoms. The van der Waals surface area contributed by atoms with E-state index in [9.17, 15) is 9.90 Å². The molecule has 0 bridgehead atoms. The maximum absolute atomic E-state index is 12.1. The van der Waals surface area contributed by atoms with E-state index >= 15 is 0 Å². The largest absolute Gasteiger partial charge is 0.388 e. The number of carbonyl (C=O) groups is 1. The summed E-state index contributed by atoms with van der Waals surface area (Å²) in [5.41, 5.74) is 0.202. The Bertz CT molecular complexity index is 635. The summed E-state index contributed by atoms with van der Waals surface area (Å²) >= 11 is 1.85. The van der Waals surface area contributed by atoms with Gasteiger partial charge in [0, 0.05) is 11.9 Å². The third kappa shape index (κ3) is 3.39. The van der Waals surface area contributed by atoms with Crippen molar-refractivity contribution in [2.45, 2.75) is 25.0 Å². The smallest absolute Gasteiger partial charge is 0.241 e. The highest BCUT2D eigenvalue weighted by Crippen LogP contribution is 2.26. The minimum atomic E-state index is -0.743. The van der Waals surface area contributed by atoms with Gasteiger partial charge < -0.3 is 10.4 Å². The van der Waals surface area contributed by atoms with Crippen LogP contribution in [0.3, 0.4) is 0 Å². The first-order valence-corrected chi connectivity index (χ1v) is 8.29. The van der Waals surface area contributed by atoms with E-state index in [4.69, 9.17) is 0 Å². The molecule has 1 amide bonds. The Kier molecular flexibility index (Phi) is 4.17. The Morgan fingerprint density at radius 3 is 2.95 bits per heavy atom. The fourth-order valence-corrected chi connectivity index (χ4v) is 3.79. The molecule has 0 unspecified atom stereocenters. The molecule has 112 valence electrons. The number of thioether (sulfide) groups is 1. The first-order chi connectivity index (χ1) is 10.2. The van der Waals surface area contributed by atoms with Gasteiger partial charge in [0.2, 0.25) is 5.91 Å². The van der Waals surface area contributed by atoms with Crippen LogP contribution in [0.5, 0.6) is 0 Å². The zero-order valence-corrected chi connectivity index (χ0v) is 12.6. The van der Waals surface area contributed by atoms with E-state index in [-0.39, 0.29) is 12.5 Å². The second kappa shape index (κ2) is 6.07. The number of rotatable bonds is 4. The van der Waals surface area contributed by atoms with Gasteiger partial charge in [-0.1, -0.05) is 18.2 Å². The van der Waals surface area contributed by atoms with Crippen molar-refractivity contribution in [1.29, 1.82) is 0 Å². The van der Waals surface area contributed by atoms with Gasteiger partial charge in [-0.25, -0.2) is 0 Å². The Hall–Kier alpha value is -1.53. The summed E-state index contributed by atoms with van der Waals surface area (Å²) in [5.74, 6) is 1.79. The molecular weight excluding hydrogens is 286 g/mol. The number of carbonyl (C=O) groups excluding carboxylic acids is 1. The monoisotopic (exact) mass is 305 g/mol. The fraction of sp³-hybridized carbons (Fsp3) is 0.467. The number of aromatic nitrogens is 2. The van der Waals surface area contributed by atoms with Crippen molar-refractivity contribution in [3.63, 3.8) is 0 Å². The van der Waals surface area contributed by atoms with Crippen LogP contribution in [0.1, 0.15) is 12.8 Å². The van der Waals surface area contributed by atoms with Gasteiger partial charge in [0.1, 0.15) is 6.54 Å². The molecule has 5 nitrogen and oxygen atoms in total. The van der Waals surface area contributed by atoms with Crippen molar-refractivity contribution in [1.82, 2.24) is 15.1 Å². The quantitative estimate of drug-likeness (QED) is 0.896. The van der Waals surface area contributed by atoms with Gasteiger partial charge in [-0.2, -0.15) is 16.9 Å². The number of nitrogens with zero attached hydrogens (tertiary/aromatic N) is 2. The van der Waals surface area contributed by atoms with Crippen LogP contribution in [0.2, 0.25) is 0 Å². The predicted molar refractivity (Wildman–Crippen MR) is 84.3 cm³/mol. The highest BCUT2D eigenvalue weighted by Gasteiger charge is 2.29. The van der Waals surface area contributed by atoms with Crippen LogP contribution in [-0.4, -0.2) is 44.4 Å². The molecule has 1 fully saturated rings. The lowest BCUT2D eigenvalue weighted by Gasteiger charge is -2.31. The fourth-order valence-electron chi connectivity index (χ4n) is 2.54. The zero-order chi connectivity index (χ0) is 14.7. The minimum absolute atomic E-state index is 0.115. The van der Waals surface area contributed by atoms with Crippen LogP contribution in [0.4, 0.5) is 0 Å². The zero-order valence-electron chi connectivity index (χ0n) is 11.8. The summed E-state index contributed by atoms with van der Waals surface area (Å²) in [6.07, 6.45) is 3.24. The number of nitrogens with one attached hydrogen (secondary N) is 1. The first kappa shape index (κ1) is 14.4. The van der Waals surface area contributed by atoms with Gasteiger partial charge in [-0.05, 0) is 30.4 Å². The Balaban J connectivity index is 1.59. The molecule has 1 saturated heterocycles. The Morgan fingerprint density at radius 2 is 2.14 bits per heavy atom. The molecule has 0 atom stereocenters. The molecule has 3 rings (SSSR count). The molecule has 0 saturated carbocycles. The standard InChI is InChI=1S/C15H19N3O2S/c19-14(16-11-15(20)5-7-21-8-6-15)10-18-13-4-2-1-3-12(13)9-17-18/h1-4,9,20H,5-8,10-11H2,(H,16,19). The van der Waals surface area contributed by atoms with E-state index in [1.54, 1.807) is 10.9 Å². The highest BCUT2D eigenvalue weighted by molar-refractivity contribution is 7.99. The summed E-state index contributed by atoms with van der Waals surface area (Å²) < 4.78 is 1.69. The number of fused-ring (bicyclic) bond motifs is 1. The SMILES string of the molecule is O=C(Cn1ncc2ccccc21)NCC1(O)CCSCC1. The lowest BCUT2D eigenvalue weighted by atomic mass is 9.97. The van der Waals surface area contributed by atoms with Crippen LogP contribution in [-0.2, 0) is 11.3 Å². The number of amides is 1. The normalized spacial score (nSPS) is 17.8. The molecule has 2 heterocycles. The second-order valence-corrected chi connectivity index (χ2v) is 6.70. The summed E-state index contributed by atoms with van der Waals surface area (Å²) in [5, 5.41) is 18.5. The highest BCUT2D eigenvalue weighted by atomic mass is 32.2. The van der Waals surface area contributed by atoms with E-state index in [1.807, 2.05) is 36.0 Å². The molecule has 0 radical (unpaired) electrons. The topological polar surface area (TPSA) is 67.2 Å². The van der Waals surface area contributed by atoms with Gasteiger partial charge in [0.25, 0.3) is 0 Å². The van der Waals surface area contributed by atoms with Crippen LogP contribution in [0.15, 0.2) is 30.5 Å². The number of benzene rings is 1. The Morgan fingerprint density at radius 1 is 1.38 bits per heavy atom. The van der Waals surface area contributed by atoms with Crippen molar-refractivity contribution >= 4 is 28.6 Å². The summed E-state index contributed by atoms with van der Waals surface area (Å²) in [6.45, 7) is 0.504. The van der Waals surface area contributed by atoms with Crippen LogP contribution in [0, 0.1) is 0 Å². The van der Waals surface area contributed by atoms with Gasteiger partial charge in [-0.3, -0.25) is 9.48 Å². The van der Waals surface area contributed by atoms with Crippen molar-refractivity contribution in [3.05, 3.63) is 30.5 Å². The molecule has 1 aromatic heterocycles. The average Bonchev–Trinajstić information content (AvgIpc) is 2.90. The molecule has 0 aliphatic carbocycles. The van der Waals surface area contributed by atoms with Crippen LogP contribution < -0.4 is 5.32 Å². The molecule has 1 aliphatic heterocycles. The van der Waals surface area contributed by atoms with E-state index < -0.39 is 5.60 Å². The molecular formula is C15H19N3O2S. The lowest BCUT2D eigenvalue weighted by molar-refractivity contribution is -0.123. The molecule has 2 N–H and O–H groups in total. The predicted octanol–water partition coefficient (Wildman–Crippen LogP) is 1.41. The maximum Gasteiger partial charge on any atom is 0.241 e. The number of hydrogen-bond acceptors (Lipinski definition) is 4. The molecule has 21 heavy (non-hydrogen) atoms. The van der Waals surface area contributed by atoms with E-state index in [2.05, 4.69) is 10.4 Å². The van der Waals surface area contributed by atoms with Gasteiger partial charge in [-0.15, -0.1) is 0 Å². The van der Waals surface area contributed by atoms with Crippen LogP contribution in [0.25, 0.3) is 10.9 Å². The summed E-state index contributed by atoms with van der Waals surface area (Å²) in [6, 6.07) is 7.80. The van der Waals surface area contributed by atoms with Crippen molar-refractivity contribution in [2.24, 2.45) is 0 Å². The number of hydrogen-bond donors (Lipinski definition) is 2. The van der Waals surface area contributed by atoms with Crippen molar-refractivity contribution < 1.29 is 9.90 Å². The van der Waals surface area contributed by atoms with Gasteiger partial charge in [0.05, 0.1) is 17.3 Å². The van der Waals surface area contributed by atoms with E-state index in [0.717, 1.165) is 35.3 Å². The average molecular weight is 305 g/mol. The number of para-hydroxylation sites is 1.